The molecule has 0 atom stereocenters. The van der Waals surface area contributed by atoms with Gasteiger partial charge in [-0.15, -0.1) is 0 Å². The first-order valence-corrected chi connectivity index (χ1v) is 9.38. The van der Waals surface area contributed by atoms with Gasteiger partial charge in [-0.1, -0.05) is 24.3 Å². The maximum Gasteiger partial charge on any atom is 0.316 e. The van der Waals surface area contributed by atoms with Crippen molar-refractivity contribution in [1.29, 1.82) is 0 Å². The quantitative estimate of drug-likeness (QED) is 0.400. The van der Waals surface area contributed by atoms with Gasteiger partial charge in [0.15, 0.2) is 0 Å². The molecule has 0 aliphatic heterocycles. The monoisotopic (exact) mass is 378 g/mol. The summed E-state index contributed by atoms with van der Waals surface area (Å²) in [5, 5.41) is 1.99. The summed E-state index contributed by atoms with van der Waals surface area (Å²) in [5.74, 6) is 0. The lowest BCUT2D eigenvalue weighted by Crippen LogP contribution is -2.11. The lowest BCUT2D eigenvalue weighted by Gasteiger charge is -2.13. The molecule has 0 aliphatic carbocycles. The average molecular weight is 379 g/mol. The van der Waals surface area contributed by atoms with Gasteiger partial charge < -0.3 is 0 Å². The van der Waals surface area contributed by atoms with Gasteiger partial charge in [-0.3, -0.25) is 9.11 Å². The van der Waals surface area contributed by atoms with E-state index in [4.69, 9.17) is 0 Å². The van der Waals surface area contributed by atoms with Crippen LogP contribution in [0.5, 0.6) is 0 Å². The van der Waals surface area contributed by atoms with Gasteiger partial charge in [0.1, 0.15) is 9.79 Å². The molecular weight excluding hydrogens is 365 g/mol. The molecule has 2 N–H and O–H groups in total. The minimum Gasteiger partial charge on any atom is -0.282 e. The van der Waals surface area contributed by atoms with Crippen LogP contribution in [0.1, 0.15) is 5.56 Å². The fourth-order valence-electron chi connectivity index (χ4n) is 2.75. The lowest BCUT2D eigenvalue weighted by molar-refractivity contribution is 0.467. The van der Waals surface area contributed by atoms with Crippen molar-refractivity contribution in [3.63, 3.8) is 0 Å². The summed E-state index contributed by atoms with van der Waals surface area (Å²) < 4.78 is 65.7. The third-order valence-electron chi connectivity index (χ3n) is 3.61. The van der Waals surface area contributed by atoms with Crippen molar-refractivity contribution in [3.8, 4) is 0 Å². The predicted octanol–water partition coefficient (Wildman–Crippen LogP) is 1.88. The molecule has 3 aromatic rings. The number of benzene rings is 3. The molecule has 6 nitrogen and oxygen atoms in total. The van der Waals surface area contributed by atoms with Gasteiger partial charge in [-0.2, -0.15) is 16.8 Å². The van der Waals surface area contributed by atoms with Gasteiger partial charge >= 0.3 is 23.1 Å². The van der Waals surface area contributed by atoms with Crippen molar-refractivity contribution < 1.29 is 25.9 Å². The van der Waals surface area contributed by atoms with E-state index in [1.165, 1.54) is 19.1 Å². The molecule has 0 heterocycles. The Morgan fingerprint density at radius 3 is 1.75 bits per heavy atom. The minimum atomic E-state index is -4.87. The Morgan fingerprint density at radius 2 is 1.25 bits per heavy atom. The fraction of sp³-hybridized carbons (Fsp3) is 0.0667. The van der Waals surface area contributed by atoms with Gasteiger partial charge in [0.25, 0.3) is 20.2 Å². The van der Waals surface area contributed by atoms with Crippen LogP contribution in [0.15, 0.2) is 52.3 Å². The van der Waals surface area contributed by atoms with Gasteiger partial charge in [0, 0.05) is 5.39 Å². The molecular formula is C15H14MgO6S2. The summed E-state index contributed by atoms with van der Waals surface area (Å²) in [6, 6.07) is 11.8. The summed E-state index contributed by atoms with van der Waals surface area (Å²) in [5.41, 5.74) is 0.0305. The Kier molecular flexibility index (Phi) is 4.97. The zero-order valence-electron chi connectivity index (χ0n) is 11.9. The standard InChI is InChI=1S/C15H12O6S2.Mg.2H/c1-9-6-12-7-10-4-2-3-5-11(10)8-13(12)15(23(19,20)21)14(9)22(16,17)18;;;/h2-8H,1H3,(H,16,17,18)(H,19,20,21);;;. The number of hydrogen-bond acceptors (Lipinski definition) is 4. The second kappa shape index (κ2) is 6.25. The van der Waals surface area contributed by atoms with E-state index in [0.717, 1.165) is 5.39 Å². The van der Waals surface area contributed by atoms with E-state index in [-0.39, 0.29) is 34.0 Å². The highest BCUT2D eigenvalue weighted by atomic mass is 32.2. The average Bonchev–Trinajstić information content (AvgIpc) is 2.41. The topological polar surface area (TPSA) is 109 Å². The van der Waals surface area contributed by atoms with E-state index in [2.05, 4.69) is 0 Å². The first kappa shape index (κ1) is 19.1. The smallest absolute Gasteiger partial charge is 0.282 e. The van der Waals surface area contributed by atoms with E-state index >= 15 is 0 Å². The van der Waals surface area contributed by atoms with Crippen LogP contribution >= 0.6 is 0 Å². The molecule has 0 radical (unpaired) electrons. The molecule has 0 saturated carbocycles. The van der Waals surface area contributed by atoms with E-state index < -0.39 is 30.0 Å². The second-order valence-corrected chi connectivity index (χ2v) is 7.94. The maximum absolute atomic E-state index is 11.8. The Labute approximate surface area is 155 Å². The Morgan fingerprint density at radius 1 is 0.750 bits per heavy atom. The molecule has 9 heteroatoms. The van der Waals surface area contributed by atoms with Crippen LogP contribution in [-0.2, 0) is 20.2 Å². The zero-order chi connectivity index (χ0) is 17.0. The SMILES string of the molecule is Cc1cc2cc3ccccc3cc2c(S(=O)(=O)O)c1S(=O)(=O)O.[MgH2]. The van der Waals surface area contributed by atoms with Gasteiger partial charge in [0.05, 0.1) is 0 Å². The van der Waals surface area contributed by atoms with E-state index in [1.807, 2.05) is 12.1 Å². The Balaban J connectivity index is 0.00000208. The summed E-state index contributed by atoms with van der Waals surface area (Å²) in [6.07, 6.45) is 0. The van der Waals surface area contributed by atoms with Crippen LogP contribution in [0.3, 0.4) is 0 Å². The normalized spacial score (nSPS) is 12.3. The van der Waals surface area contributed by atoms with Crippen LogP contribution in [0.2, 0.25) is 0 Å². The summed E-state index contributed by atoms with van der Waals surface area (Å²) >= 11 is 0. The first-order chi connectivity index (χ1) is 10.6. The summed E-state index contributed by atoms with van der Waals surface area (Å²) in [7, 11) is -9.70. The molecule has 3 rings (SSSR count). The highest BCUT2D eigenvalue weighted by molar-refractivity contribution is 7.89. The van der Waals surface area contributed by atoms with Crippen LogP contribution in [-0.4, -0.2) is 49.0 Å². The highest BCUT2D eigenvalue weighted by Crippen LogP contribution is 2.35. The maximum atomic E-state index is 11.8. The van der Waals surface area contributed by atoms with E-state index in [9.17, 15) is 25.9 Å². The largest absolute Gasteiger partial charge is 0.316 e. The fourth-order valence-corrected chi connectivity index (χ4v) is 5.04. The second-order valence-electron chi connectivity index (χ2n) is 5.22. The Bertz CT molecular complexity index is 1170. The molecule has 0 fully saturated rings. The van der Waals surface area contributed by atoms with Crippen LogP contribution in [0.25, 0.3) is 21.5 Å². The molecule has 0 saturated heterocycles. The van der Waals surface area contributed by atoms with Crippen molar-refractivity contribution in [2.45, 2.75) is 16.7 Å². The van der Waals surface area contributed by atoms with Crippen LogP contribution in [0, 0.1) is 6.92 Å². The number of hydrogen-bond donors (Lipinski definition) is 2. The molecule has 124 valence electrons. The third-order valence-corrected chi connectivity index (χ3v) is 5.73. The van der Waals surface area contributed by atoms with Gasteiger partial charge in [-0.05, 0) is 46.8 Å². The lowest BCUT2D eigenvalue weighted by atomic mass is 10.0. The molecule has 0 bridgehead atoms. The van der Waals surface area contributed by atoms with E-state index in [1.54, 1.807) is 18.2 Å². The van der Waals surface area contributed by atoms with Crippen molar-refractivity contribution in [1.82, 2.24) is 0 Å². The molecule has 24 heavy (non-hydrogen) atoms. The molecule has 0 aliphatic rings. The third kappa shape index (κ3) is 3.28. The summed E-state index contributed by atoms with van der Waals surface area (Å²) in [6.45, 7) is 1.35. The molecule has 0 aromatic heterocycles. The molecule has 3 aromatic carbocycles. The predicted molar refractivity (Wildman–Crippen MR) is 94.4 cm³/mol. The molecule has 0 amide bonds. The van der Waals surface area contributed by atoms with Crippen LogP contribution < -0.4 is 0 Å². The highest BCUT2D eigenvalue weighted by Gasteiger charge is 2.29. The zero-order valence-corrected chi connectivity index (χ0v) is 13.5. The number of fused-ring (bicyclic) bond motifs is 2. The van der Waals surface area contributed by atoms with Crippen LogP contribution in [0.4, 0.5) is 0 Å². The first-order valence-electron chi connectivity index (χ1n) is 6.50. The Hall–Kier alpha value is -1.23. The van der Waals surface area contributed by atoms with Gasteiger partial charge in [-0.25, -0.2) is 0 Å². The van der Waals surface area contributed by atoms with Crippen molar-refractivity contribution in [3.05, 3.63) is 48.0 Å². The van der Waals surface area contributed by atoms with Gasteiger partial charge in [0.2, 0.25) is 0 Å². The van der Waals surface area contributed by atoms with Crippen molar-refractivity contribution >= 4 is 64.8 Å². The van der Waals surface area contributed by atoms with Crippen molar-refractivity contribution in [2.75, 3.05) is 0 Å². The van der Waals surface area contributed by atoms with E-state index in [0.29, 0.717) is 10.8 Å². The van der Waals surface area contributed by atoms with Crippen molar-refractivity contribution in [2.24, 2.45) is 0 Å². The molecule has 0 unspecified atom stereocenters. The molecule has 0 spiro atoms. The minimum absolute atomic E-state index is 0. The number of aryl methyl sites for hydroxylation is 1. The number of rotatable bonds is 2. The summed E-state index contributed by atoms with van der Waals surface area (Å²) in [4.78, 5) is -1.61.